The summed E-state index contributed by atoms with van der Waals surface area (Å²) in [6.45, 7) is 0. The first-order valence-electron chi connectivity index (χ1n) is 4.98. The van der Waals surface area contributed by atoms with Crippen LogP contribution < -0.4 is 0 Å². The molecule has 0 fully saturated rings. The lowest BCUT2D eigenvalue weighted by atomic mass is 9.99. The molecule has 0 aliphatic carbocycles. The van der Waals surface area contributed by atoms with Crippen LogP contribution >= 0.6 is 0 Å². The molecular weight excluding hydrogens is 218 g/mol. The maximum absolute atomic E-state index is 10.7. The van der Waals surface area contributed by atoms with Gasteiger partial charge in [-0.2, -0.15) is 5.26 Å². The van der Waals surface area contributed by atoms with Crippen molar-refractivity contribution in [2.75, 3.05) is 0 Å². The summed E-state index contributed by atoms with van der Waals surface area (Å²) in [5, 5.41) is 28.6. The zero-order valence-corrected chi connectivity index (χ0v) is 8.84. The van der Waals surface area contributed by atoms with Gasteiger partial charge in [0.25, 0.3) is 0 Å². The number of phenolic OH excluding ortho intramolecular Hbond substituents is 1. The molecule has 84 valence electrons. The third-order valence-electron chi connectivity index (χ3n) is 2.56. The molecule has 2 rings (SSSR count). The van der Waals surface area contributed by atoms with Gasteiger partial charge in [0, 0.05) is 5.56 Å². The molecular formula is C13H9NO3. The number of rotatable bonds is 2. The molecule has 0 saturated carbocycles. The van der Waals surface area contributed by atoms with E-state index in [1.807, 2.05) is 6.07 Å². The Bertz CT molecular complexity index is 641. The summed E-state index contributed by atoms with van der Waals surface area (Å²) >= 11 is 0. The number of aliphatic carboxylic acids is 1. The fourth-order valence-electron chi connectivity index (χ4n) is 1.79. The fraction of sp³-hybridized carbons (Fsp3) is 0.0769. The fourth-order valence-corrected chi connectivity index (χ4v) is 1.79. The number of aromatic hydroxyl groups is 1. The van der Waals surface area contributed by atoms with Crippen LogP contribution in [0.15, 0.2) is 30.3 Å². The van der Waals surface area contributed by atoms with Gasteiger partial charge in [0.15, 0.2) is 0 Å². The van der Waals surface area contributed by atoms with Crippen LogP contribution in [0.1, 0.15) is 11.1 Å². The van der Waals surface area contributed by atoms with Crippen molar-refractivity contribution in [2.45, 2.75) is 6.42 Å². The molecule has 2 N–H and O–H groups in total. The molecule has 0 aromatic heterocycles. The zero-order valence-electron chi connectivity index (χ0n) is 8.84. The summed E-state index contributed by atoms with van der Waals surface area (Å²) in [6, 6.07) is 10.1. The molecule has 0 amide bonds. The quantitative estimate of drug-likeness (QED) is 0.822. The van der Waals surface area contributed by atoms with Crippen LogP contribution in [0.4, 0.5) is 0 Å². The third-order valence-corrected chi connectivity index (χ3v) is 2.56. The van der Waals surface area contributed by atoms with Crippen LogP contribution in [0, 0.1) is 11.3 Å². The van der Waals surface area contributed by atoms with Crippen molar-refractivity contribution < 1.29 is 15.0 Å². The average Bonchev–Trinajstić information content (AvgIpc) is 2.32. The molecule has 0 unspecified atom stereocenters. The summed E-state index contributed by atoms with van der Waals surface area (Å²) in [7, 11) is 0. The van der Waals surface area contributed by atoms with Gasteiger partial charge in [-0.15, -0.1) is 0 Å². The van der Waals surface area contributed by atoms with Crippen molar-refractivity contribution in [3.05, 3.63) is 41.5 Å². The molecule has 2 aromatic rings. The van der Waals surface area contributed by atoms with E-state index in [1.54, 1.807) is 24.3 Å². The number of carbonyl (C=O) groups is 1. The minimum Gasteiger partial charge on any atom is -0.508 e. The van der Waals surface area contributed by atoms with Crippen molar-refractivity contribution in [1.82, 2.24) is 0 Å². The first kappa shape index (κ1) is 11.0. The topological polar surface area (TPSA) is 81.3 Å². The van der Waals surface area contributed by atoms with Crippen LogP contribution in [-0.2, 0) is 11.2 Å². The molecule has 0 aliphatic heterocycles. The molecule has 0 bridgehead atoms. The van der Waals surface area contributed by atoms with E-state index in [1.165, 1.54) is 6.07 Å². The Morgan fingerprint density at radius 1 is 1.29 bits per heavy atom. The van der Waals surface area contributed by atoms with Gasteiger partial charge in [0.1, 0.15) is 5.75 Å². The number of carboxylic acids is 1. The highest BCUT2D eigenvalue weighted by Crippen LogP contribution is 2.28. The third kappa shape index (κ3) is 2.04. The van der Waals surface area contributed by atoms with Crippen molar-refractivity contribution in [3.8, 4) is 11.8 Å². The van der Waals surface area contributed by atoms with E-state index >= 15 is 0 Å². The van der Waals surface area contributed by atoms with Gasteiger partial charge < -0.3 is 10.2 Å². The van der Waals surface area contributed by atoms with Gasteiger partial charge in [-0.3, -0.25) is 4.79 Å². The standard InChI is InChI=1S/C13H9NO3/c14-7-8-1-3-10-9(5-8)2-4-12(15)11(10)6-13(16)17/h1-5,15H,6H2,(H,16,17). The second kappa shape index (κ2) is 4.14. The van der Waals surface area contributed by atoms with Gasteiger partial charge in [-0.05, 0) is 29.0 Å². The van der Waals surface area contributed by atoms with E-state index in [9.17, 15) is 9.90 Å². The average molecular weight is 227 g/mol. The predicted molar refractivity (Wildman–Crippen MR) is 61.7 cm³/mol. The summed E-state index contributed by atoms with van der Waals surface area (Å²) < 4.78 is 0. The van der Waals surface area contributed by atoms with Gasteiger partial charge in [-0.25, -0.2) is 0 Å². The number of fused-ring (bicyclic) bond motifs is 1. The Balaban J connectivity index is 2.69. The van der Waals surface area contributed by atoms with E-state index in [2.05, 4.69) is 0 Å². The highest BCUT2D eigenvalue weighted by Gasteiger charge is 2.10. The lowest BCUT2D eigenvalue weighted by molar-refractivity contribution is -0.136. The van der Waals surface area contributed by atoms with E-state index in [-0.39, 0.29) is 12.2 Å². The summed E-state index contributed by atoms with van der Waals surface area (Å²) in [4.78, 5) is 10.7. The number of hydrogen-bond acceptors (Lipinski definition) is 3. The Morgan fingerprint density at radius 3 is 2.71 bits per heavy atom. The number of carboxylic acid groups (broad SMARTS) is 1. The molecule has 4 nitrogen and oxygen atoms in total. The van der Waals surface area contributed by atoms with E-state index in [0.717, 1.165) is 5.39 Å². The Kier molecular flexibility index (Phi) is 2.67. The van der Waals surface area contributed by atoms with Crippen molar-refractivity contribution in [1.29, 1.82) is 5.26 Å². The van der Waals surface area contributed by atoms with Crippen molar-refractivity contribution >= 4 is 16.7 Å². The highest BCUT2D eigenvalue weighted by atomic mass is 16.4. The molecule has 17 heavy (non-hydrogen) atoms. The zero-order chi connectivity index (χ0) is 12.4. The molecule has 2 aromatic carbocycles. The summed E-state index contributed by atoms with van der Waals surface area (Å²) in [5.74, 6) is -1.04. The van der Waals surface area contributed by atoms with Gasteiger partial charge >= 0.3 is 5.97 Å². The minimum absolute atomic E-state index is 0.0374. The maximum Gasteiger partial charge on any atom is 0.307 e. The largest absolute Gasteiger partial charge is 0.508 e. The van der Waals surface area contributed by atoms with Gasteiger partial charge in [-0.1, -0.05) is 12.1 Å². The molecule has 0 heterocycles. The molecule has 0 aliphatic rings. The van der Waals surface area contributed by atoms with Crippen LogP contribution in [0.3, 0.4) is 0 Å². The second-order valence-corrected chi connectivity index (χ2v) is 3.68. The van der Waals surface area contributed by atoms with E-state index in [4.69, 9.17) is 10.4 Å². The molecule has 0 spiro atoms. The first-order valence-corrected chi connectivity index (χ1v) is 4.98. The Hall–Kier alpha value is -2.54. The van der Waals surface area contributed by atoms with E-state index in [0.29, 0.717) is 16.5 Å². The van der Waals surface area contributed by atoms with Crippen LogP contribution in [0.5, 0.6) is 5.75 Å². The Labute approximate surface area is 97.4 Å². The lowest BCUT2D eigenvalue weighted by Crippen LogP contribution is -2.01. The van der Waals surface area contributed by atoms with E-state index < -0.39 is 5.97 Å². The van der Waals surface area contributed by atoms with Gasteiger partial charge in [0.05, 0.1) is 18.1 Å². The second-order valence-electron chi connectivity index (χ2n) is 3.68. The molecule has 0 radical (unpaired) electrons. The highest BCUT2D eigenvalue weighted by molar-refractivity contribution is 5.91. The first-order chi connectivity index (χ1) is 8.11. The van der Waals surface area contributed by atoms with Crippen LogP contribution in [-0.4, -0.2) is 16.2 Å². The lowest BCUT2D eigenvalue weighted by Gasteiger charge is -2.07. The molecule has 0 saturated heterocycles. The molecule has 0 atom stereocenters. The Morgan fingerprint density at radius 2 is 2.06 bits per heavy atom. The number of nitriles is 1. The summed E-state index contributed by atoms with van der Waals surface area (Å²) in [5.41, 5.74) is 0.879. The van der Waals surface area contributed by atoms with Crippen LogP contribution in [0.25, 0.3) is 10.8 Å². The number of benzene rings is 2. The number of nitrogens with zero attached hydrogens (tertiary/aromatic N) is 1. The number of phenols is 1. The van der Waals surface area contributed by atoms with Crippen molar-refractivity contribution in [2.24, 2.45) is 0 Å². The smallest absolute Gasteiger partial charge is 0.307 e. The summed E-state index contributed by atoms with van der Waals surface area (Å²) in [6.07, 6.45) is -0.241. The maximum atomic E-state index is 10.7. The monoisotopic (exact) mass is 227 g/mol. The normalized spacial score (nSPS) is 10.1. The predicted octanol–water partition coefficient (Wildman–Crippen LogP) is 2.04. The SMILES string of the molecule is N#Cc1ccc2c(CC(=O)O)c(O)ccc2c1. The number of hydrogen-bond donors (Lipinski definition) is 2. The van der Waals surface area contributed by atoms with Crippen LogP contribution in [0.2, 0.25) is 0 Å². The molecule has 4 heteroatoms. The minimum atomic E-state index is -1.00. The van der Waals surface area contributed by atoms with Gasteiger partial charge in [0.2, 0.25) is 0 Å². The van der Waals surface area contributed by atoms with Crippen molar-refractivity contribution in [3.63, 3.8) is 0 Å².